The van der Waals surface area contributed by atoms with E-state index >= 15 is 0 Å². The van der Waals surface area contributed by atoms with Crippen molar-refractivity contribution in [2.24, 2.45) is 0 Å². The number of piperazine rings is 2. The molecular weight excluding hydrogens is 644 g/mol. The van der Waals surface area contributed by atoms with Crippen LogP contribution in [0.15, 0.2) is 98.1 Å². The van der Waals surface area contributed by atoms with Crippen LogP contribution in [-0.4, -0.2) is 95.5 Å². The minimum Gasteiger partial charge on any atom is -0.472 e. The van der Waals surface area contributed by atoms with E-state index in [0.717, 1.165) is 96.7 Å². The molecule has 6 aromatic rings. The smallest absolute Gasteiger partial charge is 0.257 e. The van der Waals surface area contributed by atoms with E-state index in [4.69, 9.17) is 14.2 Å². The second kappa shape index (κ2) is 15.6. The first kappa shape index (κ1) is 32.7. The SMILES string of the molecule is c1cc2ccc(C(COc3nccnc3N3CCNCC3)OC(COc3nccnc3N3CCNCC3)c3ccc4ccncc4c3)cc2cn1. The van der Waals surface area contributed by atoms with Crippen LogP contribution in [0, 0.1) is 0 Å². The average Bonchev–Trinajstić information content (AvgIpc) is 3.21. The van der Waals surface area contributed by atoms with Gasteiger partial charge in [0.05, 0.1) is 0 Å². The van der Waals surface area contributed by atoms with Crippen LogP contribution in [0.1, 0.15) is 23.3 Å². The number of hydrogen-bond acceptors (Lipinski definition) is 13. The normalized spacial score (nSPS) is 16.2. The third-order valence-electron chi connectivity index (χ3n) is 9.27. The first-order chi connectivity index (χ1) is 25.3. The first-order valence-corrected chi connectivity index (χ1v) is 17.4. The van der Waals surface area contributed by atoms with Gasteiger partial charge in [-0.2, -0.15) is 0 Å². The fourth-order valence-electron chi connectivity index (χ4n) is 6.57. The summed E-state index contributed by atoms with van der Waals surface area (Å²) in [6.07, 6.45) is 13.0. The fraction of sp³-hybridized carbons (Fsp3) is 0.316. The zero-order valence-electron chi connectivity index (χ0n) is 28.3. The molecule has 13 heteroatoms. The number of nitrogens with one attached hydrogen (secondary N) is 2. The Hall–Kier alpha value is -5.50. The molecule has 2 saturated heterocycles. The van der Waals surface area contributed by atoms with Crippen molar-refractivity contribution in [1.82, 2.24) is 40.5 Å². The van der Waals surface area contributed by atoms with E-state index < -0.39 is 12.2 Å². The van der Waals surface area contributed by atoms with Crippen molar-refractivity contribution in [3.63, 3.8) is 0 Å². The minimum atomic E-state index is -0.514. The number of hydrogen-bond donors (Lipinski definition) is 2. The number of anilines is 2. The quantitative estimate of drug-likeness (QED) is 0.191. The van der Waals surface area contributed by atoms with Crippen molar-refractivity contribution >= 4 is 33.2 Å². The highest BCUT2D eigenvalue weighted by Crippen LogP contribution is 2.33. The maximum Gasteiger partial charge on any atom is 0.257 e. The largest absolute Gasteiger partial charge is 0.472 e. The summed E-state index contributed by atoms with van der Waals surface area (Å²) in [6.45, 7) is 7.15. The van der Waals surface area contributed by atoms with Gasteiger partial charge in [-0.3, -0.25) is 9.97 Å². The highest BCUT2D eigenvalue weighted by Gasteiger charge is 2.26. The first-order valence-electron chi connectivity index (χ1n) is 17.4. The van der Waals surface area contributed by atoms with Gasteiger partial charge >= 0.3 is 0 Å². The molecule has 0 spiro atoms. The van der Waals surface area contributed by atoms with Crippen molar-refractivity contribution in [3.8, 4) is 11.8 Å². The Kier molecular flexibility index (Phi) is 9.99. The average molecular weight is 685 g/mol. The molecular formula is C38H40N10O3. The maximum atomic E-state index is 7.10. The van der Waals surface area contributed by atoms with Gasteiger partial charge in [0.15, 0.2) is 11.6 Å². The van der Waals surface area contributed by atoms with Crippen LogP contribution in [0.25, 0.3) is 21.5 Å². The molecule has 2 N–H and O–H groups in total. The van der Waals surface area contributed by atoms with Crippen molar-refractivity contribution in [2.75, 3.05) is 75.4 Å². The zero-order valence-corrected chi connectivity index (χ0v) is 28.3. The summed E-state index contributed by atoms with van der Waals surface area (Å²) in [5.74, 6) is 2.40. The van der Waals surface area contributed by atoms with Gasteiger partial charge in [-0.1, -0.05) is 24.3 Å². The lowest BCUT2D eigenvalue weighted by molar-refractivity contribution is -0.0565. The van der Waals surface area contributed by atoms with Crippen LogP contribution < -0.4 is 29.9 Å². The molecule has 0 aliphatic carbocycles. The Morgan fingerprint density at radius 3 is 1.45 bits per heavy atom. The van der Waals surface area contributed by atoms with E-state index in [0.29, 0.717) is 11.8 Å². The Morgan fingerprint density at radius 1 is 0.529 bits per heavy atom. The van der Waals surface area contributed by atoms with Crippen LogP contribution >= 0.6 is 0 Å². The summed E-state index contributed by atoms with van der Waals surface area (Å²) < 4.78 is 20.2. The Labute approximate surface area is 296 Å². The van der Waals surface area contributed by atoms with Crippen molar-refractivity contribution in [1.29, 1.82) is 0 Å². The molecule has 260 valence electrons. The molecule has 4 aromatic heterocycles. The number of rotatable bonds is 12. The van der Waals surface area contributed by atoms with E-state index in [1.54, 1.807) is 37.2 Å². The Bertz CT molecular complexity index is 1930. The third kappa shape index (κ3) is 7.65. The molecule has 2 unspecified atom stereocenters. The number of pyridine rings is 2. The van der Waals surface area contributed by atoms with Gasteiger partial charge in [-0.25, -0.2) is 19.9 Å². The molecule has 2 fully saturated rings. The van der Waals surface area contributed by atoms with E-state index in [9.17, 15) is 0 Å². The van der Waals surface area contributed by atoms with Crippen LogP contribution in [-0.2, 0) is 4.74 Å². The molecule has 6 heterocycles. The highest BCUT2D eigenvalue weighted by atomic mass is 16.6. The lowest BCUT2D eigenvalue weighted by atomic mass is 10.0. The van der Waals surface area contributed by atoms with E-state index in [-0.39, 0.29) is 13.2 Å². The molecule has 2 aromatic carbocycles. The number of fused-ring (bicyclic) bond motifs is 2. The van der Waals surface area contributed by atoms with Gasteiger partial charge in [0.25, 0.3) is 11.8 Å². The standard InChI is InChI=1S/C38H40N10O3/c1-3-29(21-31-23-41-7-5-27(1)31)33(25-49-37-35(43-9-11-45-37)47-17-13-39-14-18-47)51-34(30-4-2-28-6-8-42-24-32(28)22-30)26-50-38-36(44-10-12-46-38)48-19-15-40-16-20-48/h1-12,21-24,33-34,39-40H,13-20,25-26H2. The third-order valence-corrected chi connectivity index (χ3v) is 9.27. The van der Waals surface area contributed by atoms with Crippen LogP contribution in [0.2, 0.25) is 0 Å². The summed E-state index contributed by atoms with van der Waals surface area (Å²) in [5.41, 5.74) is 1.88. The number of aromatic nitrogens is 6. The monoisotopic (exact) mass is 684 g/mol. The topological polar surface area (TPSA) is 136 Å². The van der Waals surface area contributed by atoms with E-state index in [2.05, 4.69) is 86.7 Å². The van der Waals surface area contributed by atoms with E-state index in [1.807, 2.05) is 24.5 Å². The predicted octanol–water partition coefficient (Wildman–Crippen LogP) is 4.14. The van der Waals surface area contributed by atoms with E-state index in [1.165, 1.54) is 0 Å². The number of benzene rings is 2. The predicted molar refractivity (Wildman–Crippen MR) is 195 cm³/mol. The second-order valence-electron chi connectivity index (χ2n) is 12.5. The molecule has 0 amide bonds. The molecule has 2 atom stereocenters. The lowest BCUT2D eigenvalue weighted by Crippen LogP contribution is -2.44. The Morgan fingerprint density at radius 2 is 0.980 bits per heavy atom. The fourth-order valence-corrected chi connectivity index (χ4v) is 6.57. The van der Waals surface area contributed by atoms with Gasteiger partial charge in [-0.05, 0) is 46.2 Å². The molecule has 0 saturated carbocycles. The van der Waals surface area contributed by atoms with Gasteiger partial charge in [0.1, 0.15) is 25.4 Å². The summed E-state index contributed by atoms with van der Waals surface area (Å²) in [4.78, 5) is 31.7. The summed E-state index contributed by atoms with van der Waals surface area (Å²) >= 11 is 0. The van der Waals surface area contributed by atoms with Crippen LogP contribution in [0.4, 0.5) is 11.6 Å². The molecule has 2 aliphatic rings. The maximum absolute atomic E-state index is 7.10. The van der Waals surface area contributed by atoms with Crippen LogP contribution in [0.5, 0.6) is 11.8 Å². The summed E-state index contributed by atoms with van der Waals surface area (Å²) in [6, 6.07) is 16.6. The summed E-state index contributed by atoms with van der Waals surface area (Å²) in [7, 11) is 0. The van der Waals surface area contributed by atoms with Crippen LogP contribution in [0.3, 0.4) is 0 Å². The number of nitrogens with zero attached hydrogens (tertiary/aromatic N) is 8. The zero-order chi connectivity index (χ0) is 34.2. The molecule has 0 bridgehead atoms. The summed E-state index contributed by atoms with van der Waals surface area (Å²) in [5, 5.41) is 11.0. The van der Waals surface area contributed by atoms with Crippen molar-refractivity contribution in [2.45, 2.75) is 12.2 Å². The molecule has 51 heavy (non-hydrogen) atoms. The van der Waals surface area contributed by atoms with Gasteiger partial charge in [-0.15, -0.1) is 0 Å². The molecule has 0 radical (unpaired) electrons. The number of ether oxygens (including phenoxy) is 3. The molecule has 13 nitrogen and oxygen atoms in total. The second-order valence-corrected chi connectivity index (χ2v) is 12.5. The molecule has 2 aliphatic heterocycles. The van der Waals surface area contributed by atoms with Gasteiger partial charge in [0, 0.05) is 113 Å². The highest BCUT2D eigenvalue weighted by molar-refractivity contribution is 5.83. The van der Waals surface area contributed by atoms with Gasteiger partial charge in [0.2, 0.25) is 0 Å². The van der Waals surface area contributed by atoms with Crippen molar-refractivity contribution in [3.05, 3.63) is 109 Å². The minimum absolute atomic E-state index is 0.187. The van der Waals surface area contributed by atoms with Gasteiger partial charge < -0.3 is 34.6 Å². The Balaban J connectivity index is 1.13. The lowest BCUT2D eigenvalue weighted by Gasteiger charge is -2.30. The van der Waals surface area contributed by atoms with Crippen molar-refractivity contribution < 1.29 is 14.2 Å². The molecule has 8 rings (SSSR count).